The Morgan fingerprint density at radius 2 is 0.698 bits per heavy atom. The summed E-state index contributed by atoms with van der Waals surface area (Å²) in [6, 6.07) is 52.7. The molecule has 0 spiro atoms. The zero-order chi connectivity index (χ0) is 36.4. The van der Waals surface area contributed by atoms with Crippen LogP contribution in [0.15, 0.2) is 158 Å². The molecule has 0 aliphatic heterocycles. The van der Waals surface area contributed by atoms with E-state index in [1.807, 2.05) is 91.5 Å². The molecule has 270 valence electrons. The van der Waals surface area contributed by atoms with Crippen molar-refractivity contribution < 1.29 is 59.5 Å². The van der Waals surface area contributed by atoms with Gasteiger partial charge in [0.2, 0.25) is 0 Å². The number of hydrogen-bond acceptors (Lipinski definition) is 6. The van der Waals surface area contributed by atoms with Crippen LogP contribution in [0.3, 0.4) is 0 Å². The normalized spacial score (nSPS) is 11.9. The molecule has 0 fully saturated rings. The molecule has 0 saturated carbocycles. The zero-order valence-corrected chi connectivity index (χ0v) is 35.0. The molecule has 6 aromatic rings. The predicted molar refractivity (Wildman–Crippen MR) is 205 cm³/mol. The van der Waals surface area contributed by atoms with Crippen LogP contribution in [0, 0.1) is 37.7 Å². The van der Waals surface area contributed by atoms with Crippen molar-refractivity contribution >= 4 is 0 Å². The topological polar surface area (TPSA) is 55.4 Å². The quantitative estimate of drug-likeness (QED) is 0.0712. The molecule has 53 heavy (non-hydrogen) atoms. The molecule has 0 radical (unpaired) electrons. The van der Waals surface area contributed by atoms with Crippen molar-refractivity contribution in [1.82, 2.24) is 0 Å². The van der Waals surface area contributed by atoms with Crippen molar-refractivity contribution in [2.45, 2.75) is 30.7 Å². The van der Waals surface area contributed by atoms with Crippen LogP contribution in [0.1, 0.15) is 46.7 Å². The molecule has 6 rings (SSSR count). The van der Waals surface area contributed by atoms with E-state index in [9.17, 15) is 0 Å². The van der Waals surface area contributed by atoms with E-state index in [2.05, 4.69) is 79.7 Å². The zero-order valence-electron chi connectivity index (χ0n) is 30.8. The molecule has 0 heterocycles. The fourth-order valence-electron chi connectivity index (χ4n) is 6.67. The second-order valence-electron chi connectivity index (χ2n) is 12.3. The Bertz CT molecular complexity index is 1870. The molecule has 1 unspecified atom stereocenters. The minimum atomic E-state index is -1.05. The van der Waals surface area contributed by atoms with Crippen molar-refractivity contribution in [3.05, 3.63) is 198 Å². The Balaban J connectivity index is 0.00000541. The van der Waals surface area contributed by atoms with Crippen LogP contribution in [-0.2, 0) is 20.7 Å². The third kappa shape index (κ3) is 8.35. The Morgan fingerprint density at radius 3 is 1.00 bits per heavy atom. The van der Waals surface area contributed by atoms with E-state index in [4.69, 9.17) is 28.4 Å². The standard InChI is InChI=1S/C46H45O6.U/c1-6-40(52-46(35-15-11-8-12-16-35,38-21-29-43(49-4)30-22-38)39-23-31-44(50-5)32-24-39)33-51-45(34-13-9-7-10-14-34,36-17-25-41(47-2)26-18-36)37-19-27-42(48-3)28-20-37;/h7-33,40H,6H2,1-5H3;/q-1;. The summed E-state index contributed by atoms with van der Waals surface area (Å²) in [7, 11) is 6.68. The van der Waals surface area contributed by atoms with Gasteiger partial charge in [-0.15, -0.1) is 0 Å². The van der Waals surface area contributed by atoms with Gasteiger partial charge in [-0.05, 0) is 88.0 Å². The number of benzene rings is 6. The van der Waals surface area contributed by atoms with Crippen LogP contribution in [-0.4, -0.2) is 34.5 Å². The van der Waals surface area contributed by atoms with Crippen LogP contribution < -0.4 is 18.9 Å². The molecule has 0 bridgehead atoms. The second kappa shape index (κ2) is 18.5. The van der Waals surface area contributed by atoms with Gasteiger partial charge in [0.1, 0.15) is 34.2 Å². The molecule has 1 atom stereocenters. The molecule has 0 saturated heterocycles. The summed E-state index contributed by atoms with van der Waals surface area (Å²) < 4.78 is 36.9. The average Bonchev–Trinajstić information content (AvgIpc) is 3.23. The third-order valence-corrected chi connectivity index (χ3v) is 9.47. The van der Waals surface area contributed by atoms with E-state index in [-0.39, 0.29) is 31.1 Å². The maximum Gasteiger partial charge on any atom is 0.140 e. The van der Waals surface area contributed by atoms with Gasteiger partial charge in [0.25, 0.3) is 0 Å². The first-order valence-electron chi connectivity index (χ1n) is 17.4. The van der Waals surface area contributed by atoms with E-state index in [1.165, 1.54) is 0 Å². The van der Waals surface area contributed by atoms with Gasteiger partial charge in [-0.25, -0.2) is 0 Å². The van der Waals surface area contributed by atoms with E-state index >= 15 is 0 Å². The fraction of sp³-hybridized carbons (Fsp3) is 0.196. The van der Waals surface area contributed by atoms with Crippen LogP contribution in [0.4, 0.5) is 0 Å². The summed E-state index contributed by atoms with van der Waals surface area (Å²) >= 11 is 0. The van der Waals surface area contributed by atoms with Gasteiger partial charge in [0, 0.05) is 31.1 Å². The molecule has 0 N–H and O–H groups in total. The van der Waals surface area contributed by atoms with Gasteiger partial charge in [-0.1, -0.05) is 123 Å². The Kier molecular flexibility index (Phi) is 13.9. The van der Waals surface area contributed by atoms with Gasteiger partial charge in [-0.3, -0.25) is 0 Å². The number of methoxy groups -OCH3 is 4. The molecular formula is C46H45O6U-. The minimum absolute atomic E-state index is 0. The minimum Gasteiger partial charge on any atom is -0.535 e. The van der Waals surface area contributed by atoms with Gasteiger partial charge in [-0.2, -0.15) is 6.61 Å². The summed E-state index contributed by atoms with van der Waals surface area (Å²) in [5.41, 5.74) is 3.58. The van der Waals surface area contributed by atoms with Crippen LogP contribution in [0.25, 0.3) is 0 Å². The predicted octanol–water partition coefficient (Wildman–Crippen LogP) is 9.98. The maximum atomic E-state index is 7.47. The Labute approximate surface area is 337 Å². The molecular weight excluding hydrogens is 887 g/mol. The van der Waals surface area contributed by atoms with Crippen molar-refractivity contribution in [3.63, 3.8) is 0 Å². The molecule has 0 aromatic heterocycles. The Hall–Kier alpha value is -4.51. The third-order valence-electron chi connectivity index (χ3n) is 9.47. The first-order valence-corrected chi connectivity index (χ1v) is 17.4. The second-order valence-corrected chi connectivity index (χ2v) is 12.3. The molecule has 6 nitrogen and oxygen atoms in total. The van der Waals surface area contributed by atoms with Crippen LogP contribution >= 0.6 is 0 Å². The van der Waals surface area contributed by atoms with Crippen LogP contribution in [0.5, 0.6) is 23.0 Å². The molecule has 0 amide bonds. The number of hydrogen-bond donors (Lipinski definition) is 0. The van der Waals surface area contributed by atoms with Crippen molar-refractivity contribution in [2.75, 3.05) is 28.4 Å². The molecule has 0 aliphatic rings. The molecule has 7 heteroatoms. The van der Waals surface area contributed by atoms with Crippen molar-refractivity contribution in [1.29, 1.82) is 0 Å². The van der Waals surface area contributed by atoms with Gasteiger partial charge >= 0.3 is 0 Å². The number of rotatable bonds is 16. The monoisotopic (exact) mass is 931 g/mol. The van der Waals surface area contributed by atoms with Crippen LogP contribution in [0.2, 0.25) is 0 Å². The summed E-state index contributed by atoms with van der Waals surface area (Å²) in [4.78, 5) is 0. The van der Waals surface area contributed by atoms with E-state index in [0.29, 0.717) is 6.42 Å². The largest absolute Gasteiger partial charge is 0.535 e. The van der Waals surface area contributed by atoms with Crippen molar-refractivity contribution in [2.24, 2.45) is 0 Å². The summed E-state index contributed by atoms with van der Waals surface area (Å²) in [6.45, 7) is 3.96. The number of ether oxygens (including phenoxy) is 6. The Morgan fingerprint density at radius 1 is 0.415 bits per heavy atom. The summed E-state index contributed by atoms with van der Waals surface area (Å²) in [6.07, 6.45) is 0.140. The van der Waals surface area contributed by atoms with E-state index in [0.717, 1.165) is 56.4 Å². The molecule has 0 aliphatic carbocycles. The average molecular weight is 932 g/mol. The van der Waals surface area contributed by atoms with E-state index in [1.54, 1.807) is 28.4 Å². The SMILES string of the molecule is CCC([CH-]OC(c1ccccc1)(c1ccc(OC)cc1)c1ccc(OC)cc1)OC(c1ccccc1)(c1ccc(OC)cc1)c1ccc(OC)cc1.[U]. The fourth-order valence-corrected chi connectivity index (χ4v) is 6.67. The first kappa shape index (κ1) is 39.7. The molecule has 6 aromatic carbocycles. The summed E-state index contributed by atoms with van der Waals surface area (Å²) in [5, 5.41) is 0. The van der Waals surface area contributed by atoms with Gasteiger partial charge in [0.05, 0.1) is 28.4 Å². The first-order chi connectivity index (χ1) is 25.5. The van der Waals surface area contributed by atoms with Crippen molar-refractivity contribution in [3.8, 4) is 23.0 Å². The van der Waals surface area contributed by atoms with Gasteiger partial charge in [0.15, 0.2) is 0 Å². The van der Waals surface area contributed by atoms with Gasteiger partial charge < -0.3 is 28.4 Å². The smallest absolute Gasteiger partial charge is 0.140 e. The maximum absolute atomic E-state index is 7.47. The van der Waals surface area contributed by atoms with E-state index < -0.39 is 17.3 Å². The summed E-state index contributed by atoms with van der Waals surface area (Å²) in [5.74, 6) is 3.03.